The van der Waals surface area contributed by atoms with E-state index in [-0.39, 0.29) is 6.61 Å². The number of aliphatic hydroxyl groups is 1. The first-order valence-corrected chi connectivity index (χ1v) is 8.48. The fourth-order valence-corrected chi connectivity index (χ4v) is 3.07. The fourth-order valence-electron chi connectivity index (χ4n) is 3.07. The number of benzene rings is 1. The highest BCUT2D eigenvalue weighted by atomic mass is 16.5. The van der Waals surface area contributed by atoms with Crippen LogP contribution in [-0.4, -0.2) is 60.8 Å². The number of hydrogen-bond donors (Lipinski definition) is 1. The predicted molar refractivity (Wildman–Crippen MR) is 90.2 cm³/mol. The van der Waals surface area contributed by atoms with Gasteiger partial charge >= 0.3 is 0 Å². The number of piperidine rings is 1. The zero-order valence-corrected chi connectivity index (χ0v) is 14.0. The van der Waals surface area contributed by atoms with Crippen molar-refractivity contribution < 1.29 is 9.84 Å². The van der Waals surface area contributed by atoms with Gasteiger partial charge in [0.25, 0.3) is 0 Å². The Balaban J connectivity index is 1.97. The Morgan fingerprint density at radius 1 is 1.32 bits per heavy atom. The normalized spacial score (nSPS) is 17.1. The van der Waals surface area contributed by atoms with Crippen LogP contribution < -0.4 is 4.74 Å². The molecule has 0 atom stereocenters. The van der Waals surface area contributed by atoms with Crippen LogP contribution in [0.4, 0.5) is 0 Å². The molecule has 1 aromatic rings. The third-order valence-corrected chi connectivity index (χ3v) is 4.35. The molecule has 0 amide bonds. The van der Waals surface area contributed by atoms with Gasteiger partial charge in [0.1, 0.15) is 5.75 Å². The number of hydrogen-bond acceptors (Lipinski definition) is 4. The summed E-state index contributed by atoms with van der Waals surface area (Å²) in [5, 5.41) is 9.39. The van der Waals surface area contributed by atoms with Crippen molar-refractivity contribution in [3.05, 3.63) is 29.8 Å². The van der Waals surface area contributed by atoms with Crippen LogP contribution in [0.3, 0.4) is 0 Å². The number of likely N-dealkylation sites (tertiary alicyclic amines) is 1. The fraction of sp³-hybridized carbons (Fsp3) is 0.667. The van der Waals surface area contributed by atoms with E-state index in [1.54, 1.807) is 0 Å². The molecule has 0 unspecified atom stereocenters. The largest absolute Gasteiger partial charge is 0.494 e. The van der Waals surface area contributed by atoms with Crippen LogP contribution in [-0.2, 0) is 6.54 Å². The third-order valence-electron chi connectivity index (χ3n) is 4.35. The molecule has 1 fully saturated rings. The molecule has 1 aliphatic rings. The average molecular weight is 306 g/mol. The summed E-state index contributed by atoms with van der Waals surface area (Å²) in [7, 11) is 2.18. The summed E-state index contributed by atoms with van der Waals surface area (Å²) < 4.78 is 5.72. The molecule has 1 aliphatic heterocycles. The molecule has 0 spiro atoms. The molecule has 4 heteroatoms. The van der Waals surface area contributed by atoms with E-state index in [0.717, 1.165) is 45.0 Å². The van der Waals surface area contributed by atoms with Gasteiger partial charge in [-0.3, -0.25) is 4.90 Å². The van der Waals surface area contributed by atoms with Crippen molar-refractivity contribution in [2.75, 3.05) is 39.9 Å². The number of rotatable bonds is 8. The predicted octanol–water partition coefficient (Wildman–Crippen LogP) is 2.36. The van der Waals surface area contributed by atoms with E-state index in [1.165, 1.54) is 18.4 Å². The molecule has 0 aromatic heterocycles. The number of ether oxygens (including phenoxy) is 1. The first-order valence-electron chi connectivity index (χ1n) is 8.48. The Morgan fingerprint density at radius 3 is 2.77 bits per heavy atom. The van der Waals surface area contributed by atoms with Crippen molar-refractivity contribution in [1.29, 1.82) is 0 Å². The van der Waals surface area contributed by atoms with Gasteiger partial charge in [-0.25, -0.2) is 0 Å². The molecule has 1 N–H and O–H groups in total. The molecule has 1 heterocycles. The first-order chi connectivity index (χ1) is 10.7. The van der Waals surface area contributed by atoms with Gasteiger partial charge in [0.2, 0.25) is 0 Å². The van der Waals surface area contributed by atoms with Gasteiger partial charge in [0, 0.05) is 19.1 Å². The lowest BCUT2D eigenvalue weighted by atomic mass is 10.0. The maximum absolute atomic E-state index is 9.39. The summed E-state index contributed by atoms with van der Waals surface area (Å²) in [5.41, 5.74) is 1.26. The van der Waals surface area contributed by atoms with E-state index in [1.807, 2.05) is 6.07 Å². The molecule has 124 valence electrons. The van der Waals surface area contributed by atoms with Crippen molar-refractivity contribution in [3.8, 4) is 5.75 Å². The van der Waals surface area contributed by atoms with E-state index in [0.29, 0.717) is 6.04 Å². The van der Waals surface area contributed by atoms with Crippen LogP contribution in [0.15, 0.2) is 24.3 Å². The molecule has 0 saturated carbocycles. The minimum absolute atomic E-state index is 0.221. The van der Waals surface area contributed by atoms with E-state index < -0.39 is 0 Å². The van der Waals surface area contributed by atoms with Crippen LogP contribution >= 0.6 is 0 Å². The van der Waals surface area contributed by atoms with Gasteiger partial charge in [-0.05, 0) is 57.1 Å². The van der Waals surface area contributed by atoms with Crippen molar-refractivity contribution in [1.82, 2.24) is 9.80 Å². The molecule has 0 aliphatic carbocycles. The van der Waals surface area contributed by atoms with Crippen LogP contribution in [0.1, 0.15) is 31.7 Å². The quantitative estimate of drug-likeness (QED) is 0.800. The van der Waals surface area contributed by atoms with Crippen molar-refractivity contribution in [3.63, 3.8) is 0 Å². The van der Waals surface area contributed by atoms with Gasteiger partial charge in [0.15, 0.2) is 0 Å². The lowest BCUT2D eigenvalue weighted by Gasteiger charge is -2.37. The van der Waals surface area contributed by atoms with Gasteiger partial charge in [-0.15, -0.1) is 0 Å². The minimum atomic E-state index is 0.221. The Morgan fingerprint density at radius 2 is 2.09 bits per heavy atom. The van der Waals surface area contributed by atoms with E-state index in [9.17, 15) is 5.11 Å². The molecule has 2 rings (SSSR count). The summed E-state index contributed by atoms with van der Waals surface area (Å²) in [4.78, 5) is 4.80. The van der Waals surface area contributed by atoms with Crippen LogP contribution in [0.2, 0.25) is 0 Å². The lowest BCUT2D eigenvalue weighted by Crippen LogP contribution is -2.44. The zero-order valence-electron chi connectivity index (χ0n) is 14.0. The van der Waals surface area contributed by atoms with E-state index >= 15 is 0 Å². The Kier molecular flexibility index (Phi) is 7.16. The highest BCUT2D eigenvalue weighted by molar-refractivity contribution is 5.28. The Labute approximate surface area is 134 Å². The molecular formula is C18H30N2O2. The van der Waals surface area contributed by atoms with Crippen molar-refractivity contribution in [2.45, 2.75) is 38.8 Å². The summed E-state index contributed by atoms with van der Waals surface area (Å²) in [6.45, 7) is 7.02. The van der Waals surface area contributed by atoms with Crippen molar-refractivity contribution >= 4 is 0 Å². The summed E-state index contributed by atoms with van der Waals surface area (Å²) in [5.74, 6) is 0.951. The van der Waals surface area contributed by atoms with Gasteiger partial charge in [0.05, 0.1) is 13.2 Å². The molecule has 0 radical (unpaired) electrons. The monoisotopic (exact) mass is 306 g/mol. The number of nitrogens with zero attached hydrogens (tertiary/aromatic N) is 2. The topological polar surface area (TPSA) is 35.9 Å². The standard InChI is InChI=1S/C18H30N2O2/c1-3-13-22-18-6-4-5-16(14-18)15-20(11-12-21)17-7-9-19(2)10-8-17/h4-6,14,17,21H,3,7-13,15H2,1-2H3. The SMILES string of the molecule is CCCOc1cccc(CN(CCO)C2CCN(C)CC2)c1. The second-order valence-corrected chi connectivity index (χ2v) is 6.22. The highest BCUT2D eigenvalue weighted by Gasteiger charge is 2.22. The molecular weight excluding hydrogens is 276 g/mol. The molecule has 0 bridgehead atoms. The summed E-state index contributed by atoms with van der Waals surface area (Å²) >= 11 is 0. The molecule has 4 nitrogen and oxygen atoms in total. The second-order valence-electron chi connectivity index (χ2n) is 6.22. The van der Waals surface area contributed by atoms with Gasteiger partial charge in [-0.1, -0.05) is 19.1 Å². The van der Waals surface area contributed by atoms with Gasteiger partial charge in [-0.2, -0.15) is 0 Å². The molecule has 22 heavy (non-hydrogen) atoms. The first kappa shape index (κ1) is 17.3. The van der Waals surface area contributed by atoms with E-state index in [2.05, 4.69) is 42.0 Å². The Hall–Kier alpha value is -1.10. The second kappa shape index (κ2) is 9.13. The smallest absolute Gasteiger partial charge is 0.119 e. The third kappa shape index (κ3) is 5.27. The van der Waals surface area contributed by atoms with Crippen molar-refractivity contribution in [2.24, 2.45) is 0 Å². The average Bonchev–Trinajstić information content (AvgIpc) is 2.54. The van der Waals surface area contributed by atoms with Gasteiger partial charge < -0.3 is 14.7 Å². The van der Waals surface area contributed by atoms with Crippen LogP contribution in [0.5, 0.6) is 5.75 Å². The highest BCUT2D eigenvalue weighted by Crippen LogP contribution is 2.20. The zero-order chi connectivity index (χ0) is 15.8. The number of aliphatic hydroxyl groups excluding tert-OH is 1. The lowest BCUT2D eigenvalue weighted by molar-refractivity contribution is 0.0940. The van der Waals surface area contributed by atoms with Crippen LogP contribution in [0.25, 0.3) is 0 Å². The van der Waals surface area contributed by atoms with E-state index in [4.69, 9.17) is 4.74 Å². The molecule has 1 aromatic carbocycles. The Bertz CT molecular complexity index is 431. The summed E-state index contributed by atoms with van der Waals surface area (Å²) in [6, 6.07) is 8.94. The maximum atomic E-state index is 9.39. The summed E-state index contributed by atoms with van der Waals surface area (Å²) in [6.07, 6.45) is 3.39. The minimum Gasteiger partial charge on any atom is -0.494 e. The maximum Gasteiger partial charge on any atom is 0.119 e. The molecule has 1 saturated heterocycles. The van der Waals surface area contributed by atoms with Crippen LogP contribution in [0, 0.1) is 0 Å².